The van der Waals surface area contributed by atoms with Crippen molar-refractivity contribution in [3.05, 3.63) is 104 Å². The summed E-state index contributed by atoms with van der Waals surface area (Å²) in [5.41, 5.74) is 1.06. The number of hydrogen-bond donors (Lipinski definition) is 1. The lowest BCUT2D eigenvalue weighted by Gasteiger charge is -2.08. The van der Waals surface area contributed by atoms with Crippen molar-refractivity contribution < 1.29 is 14.1 Å². The Morgan fingerprint density at radius 1 is 1.00 bits per heavy atom. The van der Waals surface area contributed by atoms with Crippen LogP contribution in [0.4, 0.5) is 11.4 Å². The van der Waals surface area contributed by atoms with Crippen molar-refractivity contribution in [2.45, 2.75) is 0 Å². The van der Waals surface area contributed by atoms with Gasteiger partial charge >= 0.3 is 5.63 Å². The predicted molar refractivity (Wildman–Crippen MR) is 114 cm³/mol. The van der Waals surface area contributed by atoms with E-state index in [0.29, 0.717) is 22.4 Å². The van der Waals surface area contributed by atoms with Crippen LogP contribution in [0, 0.1) is 10.1 Å². The second-order valence-electron chi connectivity index (χ2n) is 6.44. The highest BCUT2D eigenvalue weighted by molar-refractivity contribution is 6.32. The smallest absolute Gasteiger partial charge is 0.344 e. The molecule has 0 atom stereocenters. The molecule has 148 valence electrons. The number of nitrogens with zero attached hydrogens (tertiary/aromatic N) is 1. The van der Waals surface area contributed by atoms with Crippen LogP contribution in [0.5, 0.6) is 0 Å². The SMILES string of the molecule is O=C(Nc1cccc(-c2cc3ccccc3oc2=O)c1)c1ccc(Cl)c([N+](=O)[O-])c1. The first-order chi connectivity index (χ1) is 14.4. The Hall–Kier alpha value is -3.97. The zero-order valence-electron chi connectivity index (χ0n) is 15.3. The van der Waals surface area contributed by atoms with Crippen molar-refractivity contribution >= 4 is 39.9 Å². The molecule has 30 heavy (non-hydrogen) atoms. The van der Waals surface area contributed by atoms with E-state index in [2.05, 4.69) is 5.32 Å². The number of fused-ring (bicyclic) bond motifs is 1. The van der Waals surface area contributed by atoms with E-state index in [1.165, 1.54) is 12.1 Å². The largest absolute Gasteiger partial charge is 0.422 e. The first kappa shape index (κ1) is 19.4. The highest BCUT2D eigenvalue weighted by Crippen LogP contribution is 2.27. The van der Waals surface area contributed by atoms with Crippen molar-refractivity contribution in [2.75, 3.05) is 5.32 Å². The number of anilines is 1. The molecule has 0 radical (unpaired) electrons. The Morgan fingerprint density at radius 3 is 2.60 bits per heavy atom. The fourth-order valence-electron chi connectivity index (χ4n) is 3.02. The molecule has 4 aromatic rings. The van der Waals surface area contributed by atoms with Gasteiger partial charge in [-0.3, -0.25) is 14.9 Å². The molecule has 0 spiro atoms. The van der Waals surface area contributed by atoms with Crippen LogP contribution in [0.3, 0.4) is 0 Å². The minimum atomic E-state index is -0.654. The third kappa shape index (κ3) is 3.78. The number of nitro groups is 1. The van der Waals surface area contributed by atoms with Crippen LogP contribution in [-0.4, -0.2) is 10.8 Å². The number of carbonyl (C=O) groups excluding carboxylic acids is 1. The average molecular weight is 421 g/mol. The van der Waals surface area contributed by atoms with Gasteiger partial charge in [0.25, 0.3) is 11.6 Å². The van der Waals surface area contributed by atoms with E-state index in [0.717, 1.165) is 11.5 Å². The maximum Gasteiger partial charge on any atom is 0.344 e. The molecule has 0 aliphatic rings. The average Bonchev–Trinajstić information content (AvgIpc) is 2.73. The minimum Gasteiger partial charge on any atom is -0.422 e. The van der Waals surface area contributed by atoms with Gasteiger partial charge in [-0.2, -0.15) is 0 Å². The summed E-state index contributed by atoms with van der Waals surface area (Å²) in [5, 5.41) is 14.4. The van der Waals surface area contributed by atoms with E-state index in [-0.39, 0.29) is 16.3 Å². The van der Waals surface area contributed by atoms with Gasteiger partial charge in [0.15, 0.2) is 0 Å². The number of benzene rings is 3. The summed E-state index contributed by atoms with van der Waals surface area (Å²) in [4.78, 5) is 35.3. The topological polar surface area (TPSA) is 102 Å². The highest BCUT2D eigenvalue weighted by atomic mass is 35.5. The van der Waals surface area contributed by atoms with E-state index in [1.54, 1.807) is 42.5 Å². The number of rotatable bonds is 4. The maximum absolute atomic E-state index is 12.5. The second-order valence-corrected chi connectivity index (χ2v) is 6.85. The van der Waals surface area contributed by atoms with Crippen molar-refractivity contribution in [2.24, 2.45) is 0 Å². The van der Waals surface area contributed by atoms with E-state index in [9.17, 15) is 19.7 Å². The number of hydrogen-bond acceptors (Lipinski definition) is 5. The standard InChI is InChI=1S/C22H13ClN2O5/c23-18-9-8-15(12-19(18)25(28)29)21(26)24-16-6-3-5-13(10-16)17-11-14-4-1-2-7-20(14)30-22(17)27/h1-12H,(H,24,26). The quantitative estimate of drug-likeness (QED) is 0.275. The van der Waals surface area contributed by atoms with Crippen LogP contribution in [0.1, 0.15) is 10.4 Å². The third-order valence-electron chi connectivity index (χ3n) is 4.48. The van der Waals surface area contributed by atoms with Gasteiger partial charge in [0.2, 0.25) is 0 Å². The van der Waals surface area contributed by atoms with Gasteiger partial charge < -0.3 is 9.73 Å². The van der Waals surface area contributed by atoms with E-state index in [4.69, 9.17) is 16.0 Å². The number of para-hydroxylation sites is 1. The molecule has 1 N–H and O–H groups in total. The first-order valence-corrected chi connectivity index (χ1v) is 9.19. The Labute approximate surface area is 174 Å². The van der Waals surface area contributed by atoms with E-state index < -0.39 is 16.5 Å². The lowest BCUT2D eigenvalue weighted by atomic mass is 10.1. The van der Waals surface area contributed by atoms with Gasteiger partial charge in [-0.15, -0.1) is 0 Å². The lowest BCUT2D eigenvalue weighted by Crippen LogP contribution is -2.12. The molecular weight excluding hydrogens is 408 g/mol. The van der Waals surface area contributed by atoms with Crippen molar-refractivity contribution in [3.63, 3.8) is 0 Å². The molecule has 7 nitrogen and oxygen atoms in total. The first-order valence-electron chi connectivity index (χ1n) is 8.81. The normalized spacial score (nSPS) is 10.7. The molecule has 3 aromatic carbocycles. The maximum atomic E-state index is 12.5. The molecule has 0 aliphatic heterocycles. The van der Waals surface area contributed by atoms with E-state index >= 15 is 0 Å². The molecule has 1 amide bonds. The third-order valence-corrected chi connectivity index (χ3v) is 4.80. The minimum absolute atomic E-state index is 0.0541. The molecule has 0 saturated carbocycles. The lowest BCUT2D eigenvalue weighted by molar-refractivity contribution is -0.384. The van der Waals surface area contributed by atoms with Crippen LogP contribution < -0.4 is 10.9 Å². The predicted octanol–water partition coefficient (Wildman–Crippen LogP) is 5.27. The van der Waals surface area contributed by atoms with Gasteiger partial charge in [0.05, 0.1) is 10.5 Å². The zero-order valence-corrected chi connectivity index (χ0v) is 16.1. The number of amides is 1. The van der Waals surface area contributed by atoms with E-state index in [1.807, 2.05) is 12.1 Å². The van der Waals surface area contributed by atoms with Gasteiger partial charge in [0.1, 0.15) is 10.6 Å². The molecule has 1 aromatic heterocycles. The molecule has 0 aliphatic carbocycles. The molecule has 1 heterocycles. The Bertz CT molecular complexity index is 1360. The van der Waals surface area contributed by atoms with Crippen molar-refractivity contribution in [1.29, 1.82) is 0 Å². The summed E-state index contributed by atoms with van der Waals surface area (Å²) in [6, 6.07) is 19.4. The fourth-order valence-corrected chi connectivity index (χ4v) is 3.21. The Kier molecular flexibility index (Phi) is 5.04. The number of nitro benzene ring substituents is 1. The molecule has 0 bridgehead atoms. The monoisotopic (exact) mass is 420 g/mol. The van der Waals surface area contributed by atoms with Crippen LogP contribution in [0.25, 0.3) is 22.1 Å². The van der Waals surface area contributed by atoms with Crippen molar-refractivity contribution in [1.82, 2.24) is 0 Å². The highest BCUT2D eigenvalue weighted by Gasteiger charge is 2.17. The summed E-state index contributed by atoms with van der Waals surface area (Å²) >= 11 is 5.79. The number of nitrogens with one attached hydrogen (secondary N) is 1. The second kappa shape index (κ2) is 7.81. The fraction of sp³-hybridized carbons (Fsp3) is 0. The Balaban J connectivity index is 1.65. The summed E-state index contributed by atoms with van der Waals surface area (Å²) in [7, 11) is 0. The summed E-state index contributed by atoms with van der Waals surface area (Å²) in [6.07, 6.45) is 0. The molecule has 0 unspecified atom stereocenters. The zero-order chi connectivity index (χ0) is 21.3. The molecule has 0 fully saturated rings. The van der Waals surface area contributed by atoms with Gasteiger partial charge in [-0.05, 0) is 42.0 Å². The van der Waals surface area contributed by atoms with Crippen LogP contribution in [-0.2, 0) is 0 Å². The molecule has 0 saturated heterocycles. The molecular formula is C22H13ClN2O5. The molecule has 4 rings (SSSR count). The van der Waals surface area contributed by atoms with Crippen LogP contribution in [0.2, 0.25) is 5.02 Å². The van der Waals surface area contributed by atoms with Gasteiger partial charge in [-0.25, -0.2) is 4.79 Å². The summed E-state index contributed by atoms with van der Waals surface area (Å²) in [6.45, 7) is 0. The summed E-state index contributed by atoms with van der Waals surface area (Å²) < 4.78 is 5.37. The van der Waals surface area contributed by atoms with Gasteiger partial charge in [0, 0.05) is 22.7 Å². The van der Waals surface area contributed by atoms with Crippen molar-refractivity contribution in [3.8, 4) is 11.1 Å². The Morgan fingerprint density at radius 2 is 1.80 bits per heavy atom. The van der Waals surface area contributed by atoms with Gasteiger partial charge in [-0.1, -0.05) is 41.9 Å². The van der Waals surface area contributed by atoms with Crippen LogP contribution in [0.15, 0.2) is 82.0 Å². The summed E-state index contributed by atoms with van der Waals surface area (Å²) in [5.74, 6) is -0.544. The van der Waals surface area contributed by atoms with Crippen LogP contribution >= 0.6 is 11.6 Å². The number of carbonyl (C=O) groups is 1. The molecule has 8 heteroatoms. The number of halogens is 1.